The first-order valence-corrected chi connectivity index (χ1v) is 8.04. The first-order valence-electron chi connectivity index (χ1n) is 7.16. The highest BCUT2D eigenvalue weighted by atomic mass is 32.2. The number of nitrogens with zero attached hydrogens (tertiary/aromatic N) is 2. The number of carboxylic acid groups (broad SMARTS) is 1. The van der Waals surface area contributed by atoms with E-state index in [9.17, 15) is 4.79 Å². The number of piperidine rings is 1. The van der Waals surface area contributed by atoms with E-state index in [1.165, 1.54) is 11.8 Å². The second kappa shape index (κ2) is 7.76. The number of nitrogens with two attached hydrogens (primary N) is 2. The summed E-state index contributed by atoms with van der Waals surface area (Å²) in [6.45, 7) is 1.71. The minimum absolute atomic E-state index is 0.162. The zero-order valence-electron chi connectivity index (χ0n) is 12.5. The van der Waals surface area contributed by atoms with Gasteiger partial charge in [-0.25, -0.2) is 4.79 Å². The maximum absolute atomic E-state index is 11.0. The van der Waals surface area contributed by atoms with Crippen molar-refractivity contribution in [3.05, 3.63) is 40.6 Å². The van der Waals surface area contributed by atoms with Crippen LogP contribution in [0.1, 0.15) is 18.4 Å². The molecular weight excluding hydrogens is 314 g/mol. The third kappa shape index (κ3) is 4.31. The molecule has 0 spiro atoms. The molecule has 2 rings (SSSR count). The number of carboxylic acids is 1. The van der Waals surface area contributed by atoms with Gasteiger partial charge < -0.3 is 21.2 Å². The Bertz CT molecular complexity index is 630. The highest BCUT2D eigenvalue weighted by Gasteiger charge is 2.22. The van der Waals surface area contributed by atoms with E-state index in [1.54, 1.807) is 0 Å². The molecule has 23 heavy (non-hydrogen) atoms. The molecule has 1 fully saturated rings. The SMILES string of the molecule is N#Cc1ccc(N2CCC(S/C(N)=C(/NN)C(=O)O)CC2)cc1. The molecule has 0 unspecified atom stereocenters. The van der Waals surface area contributed by atoms with Gasteiger partial charge in [0.15, 0.2) is 5.70 Å². The second-order valence-electron chi connectivity index (χ2n) is 5.15. The summed E-state index contributed by atoms with van der Waals surface area (Å²) < 4.78 is 0. The molecule has 0 bridgehead atoms. The molecule has 0 amide bonds. The number of nitriles is 1. The zero-order valence-corrected chi connectivity index (χ0v) is 13.3. The Morgan fingerprint density at radius 1 is 1.35 bits per heavy atom. The van der Waals surface area contributed by atoms with Gasteiger partial charge in [0.25, 0.3) is 0 Å². The molecule has 1 aromatic rings. The molecule has 1 aromatic carbocycles. The first-order chi connectivity index (χ1) is 11.0. The van der Waals surface area contributed by atoms with Crippen LogP contribution >= 0.6 is 11.8 Å². The van der Waals surface area contributed by atoms with Gasteiger partial charge in [-0.15, -0.1) is 11.8 Å². The van der Waals surface area contributed by atoms with Crippen LogP contribution in [0.15, 0.2) is 35.0 Å². The lowest BCUT2D eigenvalue weighted by molar-refractivity contribution is -0.133. The van der Waals surface area contributed by atoms with Crippen molar-refractivity contribution >= 4 is 23.4 Å². The van der Waals surface area contributed by atoms with Crippen molar-refractivity contribution in [2.75, 3.05) is 18.0 Å². The van der Waals surface area contributed by atoms with Crippen molar-refractivity contribution in [2.24, 2.45) is 11.6 Å². The van der Waals surface area contributed by atoms with E-state index in [-0.39, 0.29) is 16.0 Å². The van der Waals surface area contributed by atoms with E-state index >= 15 is 0 Å². The molecule has 122 valence electrons. The van der Waals surface area contributed by atoms with E-state index in [2.05, 4.69) is 16.4 Å². The van der Waals surface area contributed by atoms with Crippen molar-refractivity contribution in [3.8, 4) is 6.07 Å². The van der Waals surface area contributed by atoms with Crippen LogP contribution in [0.3, 0.4) is 0 Å². The molecule has 7 nitrogen and oxygen atoms in total. The van der Waals surface area contributed by atoms with Crippen LogP contribution in [0, 0.1) is 11.3 Å². The molecule has 0 atom stereocenters. The van der Waals surface area contributed by atoms with E-state index < -0.39 is 5.97 Å². The summed E-state index contributed by atoms with van der Waals surface area (Å²) in [5.41, 5.74) is 9.52. The number of benzene rings is 1. The highest BCUT2D eigenvalue weighted by Crippen LogP contribution is 2.30. The van der Waals surface area contributed by atoms with E-state index in [0.717, 1.165) is 31.6 Å². The average Bonchev–Trinajstić information content (AvgIpc) is 2.56. The largest absolute Gasteiger partial charge is 0.476 e. The topological polar surface area (TPSA) is 128 Å². The Morgan fingerprint density at radius 3 is 2.43 bits per heavy atom. The molecule has 0 aromatic heterocycles. The average molecular weight is 333 g/mol. The van der Waals surface area contributed by atoms with Gasteiger partial charge in [-0.2, -0.15) is 5.26 Å². The summed E-state index contributed by atoms with van der Waals surface area (Å²) in [7, 11) is 0. The molecule has 8 heteroatoms. The van der Waals surface area contributed by atoms with E-state index in [1.807, 2.05) is 24.3 Å². The Morgan fingerprint density at radius 2 is 1.96 bits per heavy atom. The van der Waals surface area contributed by atoms with Crippen molar-refractivity contribution in [2.45, 2.75) is 18.1 Å². The summed E-state index contributed by atoms with van der Waals surface area (Å²) in [4.78, 5) is 13.2. The van der Waals surface area contributed by atoms with Crippen LogP contribution in [-0.2, 0) is 4.79 Å². The summed E-state index contributed by atoms with van der Waals surface area (Å²) in [6.07, 6.45) is 1.78. The van der Waals surface area contributed by atoms with Crippen molar-refractivity contribution in [3.63, 3.8) is 0 Å². The highest BCUT2D eigenvalue weighted by molar-refractivity contribution is 8.03. The van der Waals surface area contributed by atoms with Gasteiger partial charge in [0.1, 0.15) is 0 Å². The van der Waals surface area contributed by atoms with Crippen LogP contribution in [-0.4, -0.2) is 29.4 Å². The molecule has 1 heterocycles. The fraction of sp³-hybridized carbons (Fsp3) is 0.333. The molecule has 6 N–H and O–H groups in total. The smallest absolute Gasteiger partial charge is 0.356 e. The number of hydrogen-bond donors (Lipinski definition) is 4. The third-order valence-electron chi connectivity index (χ3n) is 3.70. The summed E-state index contributed by atoms with van der Waals surface area (Å²) in [5, 5.41) is 18.3. The maximum Gasteiger partial charge on any atom is 0.356 e. The Balaban J connectivity index is 1.93. The van der Waals surface area contributed by atoms with Gasteiger partial charge in [-0.3, -0.25) is 5.84 Å². The Labute approximate surface area is 138 Å². The second-order valence-corrected chi connectivity index (χ2v) is 6.49. The minimum atomic E-state index is -1.16. The van der Waals surface area contributed by atoms with Gasteiger partial charge in [-0.05, 0) is 37.1 Å². The minimum Gasteiger partial charge on any atom is -0.476 e. The lowest BCUT2D eigenvalue weighted by Crippen LogP contribution is -2.35. The number of hydrogen-bond acceptors (Lipinski definition) is 7. The number of aliphatic carboxylic acids is 1. The number of thioether (sulfide) groups is 1. The zero-order chi connectivity index (χ0) is 16.8. The fourth-order valence-electron chi connectivity index (χ4n) is 2.46. The molecule has 1 saturated heterocycles. The van der Waals surface area contributed by atoms with Gasteiger partial charge in [0, 0.05) is 24.0 Å². The number of carbonyl (C=O) groups is 1. The third-order valence-corrected chi connectivity index (χ3v) is 4.96. The lowest BCUT2D eigenvalue weighted by Gasteiger charge is -2.33. The van der Waals surface area contributed by atoms with Crippen molar-refractivity contribution < 1.29 is 9.90 Å². The number of rotatable bonds is 5. The van der Waals surface area contributed by atoms with Gasteiger partial charge in [0.05, 0.1) is 16.7 Å². The summed E-state index contributed by atoms with van der Waals surface area (Å²) >= 11 is 1.35. The van der Waals surface area contributed by atoms with Gasteiger partial charge in [-0.1, -0.05) is 0 Å². The summed E-state index contributed by atoms with van der Waals surface area (Å²) in [5.74, 6) is 4.03. The van der Waals surface area contributed by atoms with Crippen molar-refractivity contribution in [1.29, 1.82) is 5.26 Å². The van der Waals surface area contributed by atoms with Crippen LogP contribution in [0.5, 0.6) is 0 Å². The number of hydrazine groups is 1. The standard InChI is InChI=1S/C15H19N5O2S/c16-9-10-1-3-11(4-2-10)20-7-5-12(6-8-20)23-14(17)13(19-18)15(21)22/h1-4,12,19H,5-8,17-18H2,(H,21,22)/b14-13+. The van der Waals surface area contributed by atoms with Crippen LogP contribution in [0.2, 0.25) is 0 Å². The van der Waals surface area contributed by atoms with E-state index in [4.69, 9.17) is 21.9 Å². The molecule has 1 aliphatic heterocycles. The molecular formula is C15H19N5O2S. The fourth-order valence-corrected chi connectivity index (χ4v) is 3.53. The van der Waals surface area contributed by atoms with Gasteiger partial charge in [0.2, 0.25) is 0 Å². The molecule has 0 aliphatic carbocycles. The van der Waals surface area contributed by atoms with Crippen molar-refractivity contribution in [1.82, 2.24) is 5.43 Å². The number of anilines is 1. The van der Waals surface area contributed by atoms with Crippen LogP contribution < -0.4 is 21.9 Å². The predicted octanol–water partition coefficient (Wildman–Crippen LogP) is 0.936. The summed E-state index contributed by atoms with van der Waals surface area (Å²) in [6, 6.07) is 9.61. The first kappa shape index (κ1) is 17.0. The molecule has 0 radical (unpaired) electrons. The Kier molecular flexibility index (Phi) is 5.73. The predicted molar refractivity (Wildman–Crippen MR) is 90.2 cm³/mol. The monoisotopic (exact) mass is 333 g/mol. The molecule has 1 aliphatic rings. The van der Waals surface area contributed by atoms with E-state index in [0.29, 0.717) is 5.56 Å². The quantitative estimate of drug-likeness (QED) is 0.356. The number of nitrogens with one attached hydrogen (secondary N) is 1. The van der Waals surface area contributed by atoms with Gasteiger partial charge >= 0.3 is 5.97 Å². The normalized spacial score (nSPS) is 16.4. The molecule has 0 saturated carbocycles. The van der Waals surface area contributed by atoms with Crippen LogP contribution in [0.4, 0.5) is 5.69 Å². The maximum atomic E-state index is 11.0. The Hall–Kier alpha value is -2.37. The van der Waals surface area contributed by atoms with Crippen LogP contribution in [0.25, 0.3) is 0 Å². The lowest BCUT2D eigenvalue weighted by atomic mass is 10.1.